The third kappa shape index (κ3) is 3.01. The van der Waals surface area contributed by atoms with Gasteiger partial charge in [-0.1, -0.05) is 0 Å². The summed E-state index contributed by atoms with van der Waals surface area (Å²) in [5.41, 5.74) is 6.16. The van der Waals surface area contributed by atoms with E-state index in [4.69, 9.17) is 10.8 Å². The van der Waals surface area contributed by atoms with Crippen LogP contribution in [0.3, 0.4) is 0 Å². The first-order chi connectivity index (χ1) is 8.56. The lowest BCUT2D eigenvalue weighted by atomic mass is 9.93. The minimum Gasteiger partial charge on any atom is -0.477 e. The van der Waals surface area contributed by atoms with E-state index in [9.17, 15) is 9.59 Å². The molecule has 1 aliphatic rings. The molecule has 98 valence electrons. The quantitative estimate of drug-likeness (QED) is 0.867. The van der Waals surface area contributed by atoms with Gasteiger partial charge in [0, 0.05) is 30.6 Å². The molecule has 1 amide bonds. The molecule has 5 nitrogen and oxygen atoms in total. The van der Waals surface area contributed by atoms with E-state index in [1.54, 1.807) is 6.07 Å². The van der Waals surface area contributed by atoms with Gasteiger partial charge < -0.3 is 15.7 Å². The summed E-state index contributed by atoms with van der Waals surface area (Å²) in [5, 5.41) is 10.8. The molecule has 3 N–H and O–H groups in total. The number of hydrogen-bond donors (Lipinski definition) is 2. The number of nitrogens with two attached hydrogens (primary N) is 1. The molecule has 0 radical (unpaired) electrons. The summed E-state index contributed by atoms with van der Waals surface area (Å²) >= 11 is 1.25. The van der Waals surface area contributed by atoms with Crippen molar-refractivity contribution in [2.45, 2.75) is 19.3 Å². The second-order valence-corrected chi connectivity index (χ2v) is 5.49. The van der Waals surface area contributed by atoms with Crippen molar-refractivity contribution in [3.63, 3.8) is 0 Å². The maximum absolute atomic E-state index is 10.8. The van der Waals surface area contributed by atoms with Crippen molar-refractivity contribution in [2.75, 3.05) is 18.0 Å². The molecular formula is C12H16N2O3S. The molecule has 1 aromatic rings. The van der Waals surface area contributed by atoms with Crippen molar-refractivity contribution in [1.29, 1.82) is 0 Å². The van der Waals surface area contributed by atoms with Gasteiger partial charge in [0.25, 0.3) is 0 Å². The molecular weight excluding hydrogens is 252 g/mol. The van der Waals surface area contributed by atoms with Gasteiger partial charge in [-0.25, -0.2) is 4.79 Å². The van der Waals surface area contributed by atoms with Gasteiger partial charge >= 0.3 is 5.97 Å². The maximum atomic E-state index is 10.8. The van der Waals surface area contributed by atoms with Gasteiger partial charge in [0.2, 0.25) is 5.91 Å². The van der Waals surface area contributed by atoms with Crippen molar-refractivity contribution in [3.8, 4) is 0 Å². The number of carbonyl (C=O) groups is 2. The molecule has 0 saturated carbocycles. The second kappa shape index (κ2) is 5.39. The summed E-state index contributed by atoms with van der Waals surface area (Å²) in [6, 6.07) is 1.71. The third-order valence-corrected chi connectivity index (χ3v) is 4.17. The van der Waals surface area contributed by atoms with E-state index in [1.165, 1.54) is 11.3 Å². The molecule has 1 aromatic heterocycles. The Labute approximate surface area is 109 Å². The number of carboxylic acids is 1. The number of rotatable bonds is 4. The maximum Gasteiger partial charge on any atom is 0.345 e. The summed E-state index contributed by atoms with van der Waals surface area (Å²) in [6.45, 7) is 1.71. The Morgan fingerprint density at radius 2 is 2.11 bits per heavy atom. The second-order valence-electron chi connectivity index (χ2n) is 4.58. The predicted molar refractivity (Wildman–Crippen MR) is 70.0 cm³/mol. The molecule has 0 spiro atoms. The normalized spacial score (nSPS) is 16.8. The molecule has 2 heterocycles. The topological polar surface area (TPSA) is 83.6 Å². The van der Waals surface area contributed by atoms with Crippen molar-refractivity contribution >= 4 is 28.9 Å². The minimum atomic E-state index is -0.880. The molecule has 0 unspecified atom stereocenters. The first-order valence-corrected chi connectivity index (χ1v) is 6.79. The monoisotopic (exact) mass is 268 g/mol. The van der Waals surface area contributed by atoms with Crippen LogP contribution in [-0.2, 0) is 4.79 Å². The highest BCUT2D eigenvalue weighted by atomic mass is 32.1. The lowest BCUT2D eigenvalue weighted by molar-refractivity contribution is -0.119. The van der Waals surface area contributed by atoms with Crippen LogP contribution < -0.4 is 10.6 Å². The standard InChI is InChI=1S/C12H16N2O3S/c13-11(15)5-8-1-3-14(4-2-8)9-6-10(12(16)17)18-7-9/h6-8H,1-5H2,(H2,13,15)(H,16,17). The van der Waals surface area contributed by atoms with Crippen molar-refractivity contribution in [3.05, 3.63) is 16.3 Å². The van der Waals surface area contributed by atoms with Gasteiger partial charge in [0.1, 0.15) is 4.88 Å². The Hall–Kier alpha value is -1.56. The van der Waals surface area contributed by atoms with E-state index in [0.29, 0.717) is 17.2 Å². The first-order valence-electron chi connectivity index (χ1n) is 5.91. The van der Waals surface area contributed by atoms with Gasteiger partial charge in [0.15, 0.2) is 0 Å². The number of amides is 1. The van der Waals surface area contributed by atoms with Crippen LogP contribution in [0.2, 0.25) is 0 Å². The van der Waals surface area contributed by atoms with Gasteiger partial charge in [0.05, 0.1) is 0 Å². The number of anilines is 1. The first kappa shape index (κ1) is 12.9. The average molecular weight is 268 g/mol. The van der Waals surface area contributed by atoms with E-state index in [-0.39, 0.29) is 5.91 Å². The third-order valence-electron chi connectivity index (χ3n) is 3.27. The van der Waals surface area contributed by atoms with Crippen LogP contribution in [0.4, 0.5) is 5.69 Å². The zero-order valence-electron chi connectivity index (χ0n) is 9.96. The number of primary amides is 1. The van der Waals surface area contributed by atoms with Crippen LogP contribution in [0.25, 0.3) is 0 Å². The Kier molecular flexibility index (Phi) is 3.86. The lowest BCUT2D eigenvalue weighted by Crippen LogP contribution is -2.34. The molecule has 0 atom stereocenters. The number of nitrogens with zero attached hydrogens (tertiary/aromatic N) is 1. The molecule has 0 aromatic carbocycles. The minimum absolute atomic E-state index is 0.239. The van der Waals surface area contributed by atoms with Crippen LogP contribution in [0.15, 0.2) is 11.4 Å². The molecule has 18 heavy (non-hydrogen) atoms. The average Bonchev–Trinajstić information content (AvgIpc) is 2.78. The smallest absolute Gasteiger partial charge is 0.345 e. The fraction of sp³-hybridized carbons (Fsp3) is 0.500. The highest BCUT2D eigenvalue weighted by molar-refractivity contribution is 7.12. The van der Waals surface area contributed by atoms with E-state index < -0.39 is 5.97 Å². The summed E-state index contributed by atoms with van der Waals surface area (Å²) in [7, 11) is 0. The zero-order valence-corrected chi connectivity index (χ0v) is 10.8. The molecule has 6 heteroatoms. The van der Waals surface area contributed by atoms with Gasteiger partial charge in [-0.15, -0.1) is 11.3 Å². The van der Waals surface area contributed by atoms with Crippen molar-refractivity contribution in [2.24, 2.45) is 11.7 Å². The van der Waals surface area contributed by atoms with Gasteiger partial charge in [-0.3, -0.25) is 4.79 Å². The van der Waals surface area contributed by atoms with Gasteiger partial charge in [-0.2, -0.15) is 0 Å². The number of carbonyl (C=O) groups excluding carboxylic acids is 1. The Morgan fingerprint density at radius 3 is 2.61 bits per heavy atom. The number of piperidine rings is 1. The molecule has 0 bridgehead atoms. The molecule has 0 aliphatic carbocycles. The highest BCUT2D eigenvalue weighted by Crippen LogP contribution is 2.28. The summed E-state index contributed by atoms with van der Waals surface area (Å²) in [5.74, 6) is -0.747. The molecule has 1 aliphatic heterocycles. The molecule has 2 rings (SSSR count). The molecule has 1 saturated heterocycles. The zero-order chi connectivity index (χ0) is 13.1. The summed E-state index contributed by atoms with van der Waals surface area (Å²) in [4.78, 5) is 24.2. The van der Waals surface area contributed by atoms with E-state index in [0.717, 1.165) is 31.6 Å². The fourth-order valence-electron chi connectivity index (χ4n) is 2.28. The summed E-state index contributed by atoms with van der Waals surface area (Å²) < 4.78 is 0. The summed E-state index contributed by atoms with van der Waals surface area (Å²) in [6.07, 6.45) is 2.32. The van der Waals surface area contributed by atoms with Crippen LogP contribution in [0.1, 0.15) is 28.9 Å². The largest absolute Gasteiger partial charge is 0.477 e. The van der Waals surface area contributed by atoms with Crippen LogP contribution >= 0.6 is 11.3 Å². The van der Waals surface area contributed by atoms with E-state index in [2.05, 4.69) is 4.90 Å². The highest BCUT2D eigenvalue weighted by Gasteiger charge is 2.22. The number of aromatic carboxylic acids is 1. The van der Waals surface area contributed by atoms with Crippen molar-refractivity contribution < 1.29 is 14.7 Å². The Bertz CT molecular complexity index is 450. The van der Waals surface area contributed by atoms with Gasteiger partial charge in [-0.05, 0) is 24.8 Å². The van der Waals surface area contributed by atoms with Crippen LogP contribution in [-0.4, -0.2) is 30.1 Å². The SMILES string of the molecule is NC(=O)CC1CCN(c2csc(C(=O)O)c2)CC1. The van der Waals surface area contributed by atoms with E-state index in [1.807, 2.05) is 5.38 Å². The fourth-order valence-corrected chi connectivity index (χ4v) is 3.04. The van der Waals surface area contributed by atoms with E-state index >= 15 is 0 Å². The van der Waals surface area contributed by atoms with Crippen LogP contribution in [0.5, 0.6) is 0 Å². The number of thiophene rings is 1. The Morgan fingerprint density at radius 1 is 1.44 bits per heavy atom. The predicted octanol–water partition coefficient (Wildman–Crippen LogP) is 1.54. The number of hydrogen-bond acceptors (Lipinski definition) is 4. The van der Waals surface area contributed by atoms with Crippen LogP contribution in [0, 0.1) is 5.92 Å². The number of carboxylic acid groups (broad SMARTS) is 1. The Balaban J connectivity index is 1.92. The molecule has 1 fully saturated rings. The lowest BCUT2D eigenvalue weighted by Gasteiger charge is -2.32. The van der Waals surface area contributed by atoms with Crippen molar-refractivity contribution in [1.82, 2.24) is 0 Å².